The number of fused-ring (bicyclic) bond motifs is 1. The van der Waals surface area contributed by atoms with E-state index in [4.69, 9.17) is 9.47 Å². The highest BCUT2D eigenvalue weighted by Crippen LogP contribution is 2.34. The Kier molecular flexibility index (Phi) is 1.44. The lowest BCUT2D eigenvalue weighted by atomic mass is 10.1. The number of benzene rings is 1. The number of nitrogens with one attached hydrogen (secondary N) is 1. The van der Waals surface area contributed by atoms with Crippen LogP contribution in [0.5, 0.6) is 11.5 Å². The van der Waals surface area contributed by atoms with Crippen molar-refractivity contribution in [3.05, 3.63) is 24.4 Å². The standard InChI is InChI=1S/C9H7N3O2/c1-2-8-9(14-5-13-8)3-6(1)7-4-10-12-11-7/h1-4H,5H2,(H,10,11,12). The highest BCUT2D eigenvalue weighted by atomic mass is 16.7. The Labute approximate surface area is 79.7 Å². The topological polar surface area (TPSA) is 60.0 Å². The van der Waals surface area contributed by atoms with Gasteiger partial charge in [-0.1, -0.05) is 5.21 Å². The van der Waals surface area contributed by atoms with Gasteiger partial charge in [-0.3, -0.25) is 5.10 Å². The first-order chi connectivity index (χ1) is 6.93. The van der Waals surface area contributed by atoms with Gasteiger partial charge in [0.25, 0.3) is 0 Å². The van der Waals surface area contributed by atoms with E-state index >= 15 is 0 Å². The maximum Gasteiger partial charge on any atom is 0.231 e. The maximum absolute atomic E-state index is 5.26. The first kappa shape index (κ1) is 7.37. The smallest absolute Gasteiger partial charge is 0.231 e. The molecule has 1 aromatic heterocycles. The predicted molar refractivity (Wildman–Crippen MR) is 47.9 cm³/mol. The van der Waals surface area contributed by atoms with E-state index < -0.39 is 0 Å². The monoisotopic (exact) mass is 189 g/mol. The van der Waals surface area contributed by atoms with Crippen LogP contribution in [0.15, 0.2) is 24.4 Å². The number of H-pyrrole nitrogens is 1. The van der Waals surface area contributed by atoms with E-state index in [1.807, 2.05) is 18.2 Å². The van der Waals surface area contributed by atoms with E-state index in [2.05, 4.69) is 15.4 Å². The quantitative estimate of drug-likeness (QED) is 0.732. The molecular weight excluding hydrogens is 182 g/mol. The third-order valence-electron chi connectivity index (χ3n) is 2.10. The third-order valence-corrected chi connectivity index (χ3v) is 2.10. The van der Waals surface area contributed by atoms with Crippen molar-refractivity contribution in [2.75, 3.05) is 6.79 Å². The van der Waals surface area contributed by atoms with Crippen LogP contribution in [0.1, 0.15) is 0 Å². The Morgan fingerprint density at radius 2 is 2.14 bits per heavy atom. The lowest BCUT2D eigenvalue weighted by molar-refractivity contribution is 0.174. The van der Waals surface area contributed by atoms with Gasteiger partial charge in [0, 0.05) is 5.56 Å². The molecule has 0 atom stereocenters. The molecule has 2 heterocycles. The fraction of sp³-hybridized carbons (Fsp3) is 0.111. The van der Waals surface area contributed by atoms with E-state index in [0.717, 1.165) is 22.8 Å². The van der Waals surface area contributed by atoms with Crippen LogP contribution in [-0.2, 0) is 0 Å². The van der Waals surface area contributed by atoms with Gasteiger partial charge in [-0.05, 0) is 18.2 Å². The highest BCUT2D eigenvalue weighted by Gasteiger charge is 2.14. The molecule has 0 amide bonds. The third kappa shape index (κ3) is 1.02. The molecule has 0 radical (unpaired) electrons. The molecule has 0 saturated carbocycles. The summed E-state index contributed by atoms with van der Waals surface area (Å²) >= 11 is 0. The van der Waals surface area contributed by atoms with Crippen molar-refractivity contribution in [1.29, 1.82) is 0 Å². The molecule has 0 saturated heterocycles. The van der Waals surface area contributed by atoms with Crippen molar-refractivity contribution in [2.24, 2.45) is 0 Å². The van der Waals surface area contributed by atoms with Crippen molar-refractivity contribution in [1.82, 2.24) is 15.4 Å². The molecule has 1 aromatic carbocycles. The van der Waals surface area contributed by atoms with Gasteiger partial charge >= 0.3 is 0 Å². The number of hydrogen-bond acceptors (Lipinski definition) is 4. The van der Waals surface area contributed by atoms with E-state index in [1.54, 1.807) is 6.20 Å². The summed E-state index contributed by atoms with van der Waals surface area (Å²) in [5.41, 5.74) is 1.85. The molecule has 5 nitrogen and oxygen atoms in total. The van der Waals surface area contributed by atoms with Crippen LogP contribution < -0.4 is 9.47 Å². The number of hydrogen-bond donors (Lipinski definition) is 1. The Bertz CT molecular complexity index is 453. The zero-order valence-corrected chi connectivity index (χ0v) is 7.23. The van der Waals surface area contributed by atoms with E-state index in [1.165, 1.54) is 0 Å². The van der Waals surface area contributed by atoms with Crippen LogP contribution in [0.4, 0.5) is 0 Å². The molecule has 0 bridgehead atoms. The molecule has 0 aliphatic carbocycles. The second-order valence-electron chi connectivity index (χ2n) is 2.94. The summed E-state index contributed by atoms with van der Waals surface area (Å²) in [7, 11) is 0. The molecule has 3 rings (SSSR count). The first-order valence-electron chi connectivity index (χ1n) is 4.19. The number of ether oxygens (including phenoxy) is 2. The van der Waals surface area contributed by atoms with Gasteiger partial charge in [0.2, 0.25) is 6.79 Å². The summed E-state index contributed by atoms with van der Waals surface area (Å²) in [5.74, 6) is 1.54. The molecule has 1 aliphatic rings. The van der Waals surface area contributed by atoms with Crippen molar-refractivity contribution >= 4 is 0 Å². The molecule has 70 valence electrons. The minimum Gasteiger partial charge on any atom is -0.454 e. The normalized spacial score (nSPS) is 13.1. The van der Waals surface area contributed by atoms with Crippen molar-refractivity contribution in [3.63, 3.8) is 0 Å². The Morgan fingerprint density at radius 1 is 1.21 bits per heavy atom. The fourth-order valence-electron chi connectivity index (χ4n) is 1.40. The molecule has 2 aromatic rings. The summed E-state index contributed by atoms with van der Waals surface area (Å²) in [6, 6.07) is 5.71. The van der Waals surface area contributed by atoms with Gasteiger partial charge in [0.05, 0.1) is 11.9 Å². The van der Waals surface area contributed by atoms with E-state index in [9.17, 15) is 0 Å². The second kappa shape index (κ2) is 2.73. The van der Waals surface area contributed by atoms with Gasteiger partial charge in [-0.2, -0.15) is 0 Å². The molecule has 0 fully saturated rings. The summed E-state index contributed by atoms with van der Waals surface area (Å²) < 4.78 is 10.5. The Hall–Kier alpha value is -2.04. The van der Waals surface area contributed by atoms with Gasteiger partial charge < -0.3 is 9.47 Å². The highest BCUT2D eigenvalue weighted by molar-refractivity contribution is 5.63. The second-order valence-corrected chi connectivity index (χ2v) is 2.94. The molecule has 5 heteroatoms. The summed E-state index contributed by atoms with van der Waals surface area (Å²) in [6.07, 6.45) is 1.66. The zero-order valence-electron chi connectivity index (χ0n) is 7.23. The van der Waals surface area contributed by atoms with Crippen LogP contribution in [0.25, 0.3) is 11.3 Å². The lowest BCUT2D eigenvalue weighted by Crippen LogP contribution is -1.92. The Morgan fingerprint density at radius 3 is 3.00 bits per heavy atom. The fourth-order valence-corrected chi connectivity index (χ4v) is 1.40. The first-order valence-corrected chi connectivity index (χ1v) is 4.19. The minimum absolute atomic E-state index is 0.292. The lowest BCUT2D eigenvalue weighted by Gasteiger charge is -1.98. The summed E-state index contributed by atoms with van der Waals surface area (Å²) in [4.78, 5) is 0. The van der Waals surface area contributed by atoms with Crippen LogP contribution in [0.2, 0.25) is 0 Å². The van der Waals surface area contributed by atoms with Crippen LogP contribution in [-0.4, -0.2) is 22.2 Å². The van der Waals surface area contributed by atoms with Gasteiger partial charge in [0.1, 0.15) is 0 Å². The van der Waals surface area contributed by atoms with E-state index in [-0.39, 0.29) is 0 Å². The van der Waals surface area contributed by atoms with Gasteiger partial charge in [-0.15, -0.1) is 5.10 Å². The Balaban J connectivity index is 2.09. The summed E-state index contributed by atoms with van der Waals surface area (Å²) in [6.45, 7) is 0.292. The van der Waals surface area contributed by atoms with Crippen molar-refractivity contribution < 1.29 is 9.47 Å². The minimum atomic E-state index is 0.292. The number of nitrogens with zero attached hydrogens (tertiary/aromatic N) is 2. The van der Waals surface area contributed by atoms with Gasteiger partial charge in [-0.25, -0.2) is 0 Å². The zero-order chi connectivity index (χ0) is 9.38. The van der Waals surface area contributed by atoms with Crippen molar-refractivity contribution in [3.8, 4) is 22.8 Å². The molecule has 1 N–H and O–H groups in total. The average Bonchev–Trinajstić information content (AvgIpc) is 2.88. The van der Waals surface area contributed by atoms with Crippen LogP contribution in [0, 0.1) is 0 Å². The molecule has 1 aliphatic heterocycles. The van der Waals surface area contributed by atoms with E-state index in [0.29, 0.717) is 6.79 Å². The predicted octanol–water partition coefficient (Wildman–Crippen LogP) is 1.20. The van der Waals surface area contributed by atoms with Crippen LogP contribution >= 0.6 is 0 Å². The van der Waals surface area contributed by atoms with Crippen molar-refractivity contribution in [2.45, 2.75) is 0 Å². The number of rotatable bonds is 1. The molecule has 0 spiro atoms. The maximum atomic E-state index is 5.26. The number of aromatic nitrogens is 3. The number of aromatic amines is 1. The van der Waals surface area contributed by atoms with Crippen LogP contribution in [0.3, 0.4) is 0 Å². The average molecular weight is 189 g/mol. The SMILES string of the molecule is c1cc2c(cc1-c1cnn[nH]1)OCO2. The van der Waals surface area contributed by atoms with Gasteiger partial charge in [0.15, 0.2) is 11.5 Å². The summed E-state index contributed by atoms with van der Waals surface area (Å²) in [5, 5.41) is 10.1. The molecule has 14 heavy (non-hydrogen) atoms. The molecular formula is C9H7N3O2. The molecule has 0 unspecified atom stereocenters. The largest absolute Gasteiger partial charge is 0.454 e.